The molecule has 0 aromatic carbocycles. The van der Waals surface area contributed by atoms with Gasteiger partial charge < -0.3 is 10.2 Å². The summed E-state index contributed by atoms with van der Waals surface area (Å²) < 4.78 is 2.06. The maximum atomic E-state index is 5.07. The second-order valence-electron chi connectivity index (χ2n) is 7.35. The van der Waals surface area contributed by atoms with Gasteiger partial charge in [-0.15, -0.1) is 11.3 Å². The first kappa shape index (κ1) is 17.5. The van der Waals surface area contributed by atoms with E-state index in [2.05, 4.69) is 53.3 Å². The minimum absolute atomic E-state index is 0.955. The summed E-state index contributed by atoms with van der Waals surface area (Å²) in [6.45, 7) is 4.14. The van der Waals surface area contributed by atoms with Crippen molar-refractivity contribution in [2.24, 2.45) is 0 Å². The highest BCUT2D eigenvalue weighted by Gasteiger charge is 2.23. The summed E-state index contributed by atoms with van der Waals surface area (Å²) in [5, 5.41) is 10.7. The first-order valence-electron chi connectivity index (χ1n) is 9.48. The van der Waals surface area contributed by atoms with Crippen molar-refractivity contribution in [1.82, 2.24) is 19.5 Å². The van der Waals surface area contributed by atoms with Crippen LogP contribution in [0.5, 0.6) is 0 Å². The average molecular weight is 370 g/mol. The molecule has 0 atom stereocenters. The molecule has 1 N–H and O–H groups in total. The van der Waals surface area contributed by atoms with E-state index in [0.29, 0.717) is 0 Å². The first-order valence-corrected chi connectivity index (χ1v) is 10.4. The van der Waals surface area contributed by atoms with Crippen molar-refractivity contribution in [2.75, 3.05) is 32.5 Å². The standard InChI is InChI=1S/C20H27N5S/c1-14-18(17-10-6-13-26-17)20-22-16-9-5-4-8-15(16)19(25(20)23-14)21-11-7-12-24(2)3/h6,10,13,21H,4-5,7-9,11-12H2,1-3H3. The van der Waals surface area contributed by atoms with Crippen LogP contribution < -0.4 is 5.32 Å². The zero-order valence-electron chi connectivity index (χ0n) is 15.9. The number of hydrogen-bond donors (Lipinski definition) is 1. The van der Waals surface area contributed by atoms with Gasteiger partial charge in [-0.05, 0) is 71.1 Å². The quantitative estimate of drug-likeness (QED) is 0.667. The van der Waals surface area contributed by atoms with Crippen molar-refractivity contribution in [1.29, 1.82) is 0 Å². The fourth-order valence-corrected chi connectivity index (χ4v) is 4.61. The zero-order chi connectivity index (χ0) is 18.1. The molecular weight excluding hydrogens is 342 g/mol. The van der Waals surface area contributed by atoms with Crippen molar-refractivity contribution in [3.63, 3.8) is 0 Å². The molecule has 0 bridgehead atoms. The number of aryl methyl sites for hydroxylation is 2. The molecule has 26 heavy (non-hydrogen) atoms. The number of thiophene rings is 1. The predicted octanol–water partition coefficient (Wildman–Crippen LogP) is 4.01. The summed E-state index contributed by atoms with van der Waals surface area (Å²) in [6, 6.07) is 4.27. The summed E-state index contributed by atoms with van der Waals surface area (Å²) >= 11 is 1.76. The highest BCUT2D eigenvalue weighted by Crippen LogP contribution is 2.35. The number of fused-ring (bicyclic) bond motifs is 2. The van der Waals surface area contributed by atoms with Crippen molar-refractivity contribution in [3.05, 3.63) is 34.5 Å². The van der Waals surface area contributed by atoms with Gasteiger partial charge in [0.15, 0.2) is 5.65 Å². The zero-order valence-corrected chi connectivity index (χ0v) is 16.7. The van der Waals surface area contributed by atoms with Gasteiger partial charge in [0.25, 0.3) is 0 Å². The Balaban J connectivity index is 1.79. The van der Waals surface area contributed by atoms with Crippen LogP contribution in [0.25, 0.3) is 16.1 Å². The Morgan fingerprint density at radius 3 is 2.88 bits per heavy atom. The lowest BCUT2D eigenvalue weighted by atomic mass is 9.96. The van der Waals surface area contributed by atoms with E-state index < -0.39 is 0 Å². The summed E-state index contributed by atoms with van der Waals surface area (Å²) in [7, 11) is 4.24. The molecule has 5 nitrogen and oxygen atoms in total. The molecule has 3 aromatic heterocycles. The molecule has 0 radical (unpaired) electrons. The third-order valence-corrected chi connectivity index (χ3v) is 5.94. The average Bonchev–Trinajstić information content (AvgIpc) is 3.24. The molecule has 0 amide bonds. The van der Waals surface area contributed by atoms with Crippen LogP contribution in [-0.4, -0.2) is 46.7 Å². The van der Waals surface area contributed by atoms with Crippen LogP contribution in [0.4, 0.5) is 5.82 Å². The largest absolute Gasteiger partial charge is 0.370 e. The summed E-state index contributed by atoms with van der Waals surface area (Å²) in [4.78, 5) is 8.55. The van der Waals surface area contributed by atoms with Crippen molar-refractivity contribution < 1.29 is 0 Å². The van der Waals surface area contributed by atoms with Gasteiger partial charge in [0.1, 0.15) is 5.82 Å². The molecule has 0 spiro atoms. The van der Waals surface area contributed by atoms with E-state index in [4.69, 9.17) is 10.1 Å². The van der Waals surface area contributed by atoms with Crippen LogP contribution in [0.3, 0.4) is 0 Å². The van der Waals surface area contributed by atoms with E-state index >= 15 is 0 Å². The minimum Gasteiger partial charge on any atom is -0.370 e. The number of hydrogen-bond acceptors (Lipinski definition) is 5. The van der Waals surface area contributed by atoms with Gasteiger partial charge in [-0.2, -0.15) is 9.61 Å². The molecule has 6 heteroatoms. The van der Waals surface area contributed by atoms with Crippen LogP contribution in [0.1, 0.15) is 36.2 Å². The van der Waals surface area contributed by atoms with Crippen molar-refractivity contribution in [2.45, 2.75) is 39.0 Å². The maximum Gasteiger partial charge on any atom is 0.166 e. The van der Waals surface area contributed by atoms with Gasteiger partial charge in [-0.1, -0.05) is 6.07 Å². The predicted molar refractivity (Wildman–Crippen MR) is 109 cm³/mol. The fourth-order valence-electron chi connectivity index (χ4n) is 3.79. The number of aromatic nitrogens is 3. The molecule has 0 saturated heterocycles. The molecule has 4 rings (SSSR count). The van der Waals surface area contributed by atoms with Gasteiger partial charge in [0.2, 0.25) is 0 Å². The Labute approximate surface area is 159 Å². The Morgan fingerprint density at radius 2 is 2.12 bits per heavy atom. The summed E-state index contributed by atoms with van der Waals surface area (Å²) in [6.07, 6.45) is 5.76. The molecular formula is C20H27N5S. The number of nitrogens with one attached hydrogen (secondary N) is 1. The highest BCUT2D eigenvalue weighted by atomic mass is 32.1. The lowest BCUT2D eigenvalue weighted by Gasteiger charge is -2.21. The van der Waals surface area contributed by atoms with Crippen LogP contribution in [0, 0.1) is 6.92 Å². The molecule has 0 saturated carbocycles. The molecule has 138 valence electrons. The van der Waals surface area contributed by atoms with E-state index in [0.717, 1.165) is 49.5 Å². The van der Waals surface area contributed by atoms with Gasteiger partial charge in [-0.3, -0.25) is 0 Å². The Kier molecular flexibility index (Phi) is 4.96. The lowest BCUT2D eigenvalue weighted by Crippen LogP contribution is -2.19. The van der Waals surface area contributed by atoms with Crippen LogP contribution in [0.2, 0.25) is 0 Å². The van der Waals surface area contributed by atoms with Crippen LogP contribution in [-0.2, 0) is 12.8 Å². The molecule has 3 heterocycles. The van der Waals surface area contributed by atoms with E-state index in [1.165, 1.54) is 34.5 Å². The molecule has 1 aliphatic carbocycles. The molecule has 1 aliphatic rings. The van der Waals surface area contributed by atoms with Crippen LogP contribution >= 0.6 is 11.3 Å². The first-order chi connectivity index (χ1) is 12.6. The smallest absolute Gasteiger partial charge is 0.166 e. The summed E-state index contributed by atoms with van der Waals surface area (Å²) in [5.41, 5.74) is 5.87. The second-order valence-corrected chi connectivity index (χ2v) is 8.30. The maximum absolute atomic E-state index is 5.07. The lowest BCUT2D eigenvalue weighted by molar-refractivity contribution is 0.405. The minimum atomic E-state index is 0.955. The number of rotatable bonds is 6. The topological polar surface area (TPSA) is 45.5 Å². The van der Waals surface area contributed by atoms with E-state index in [1.807, 2.05) is 0 Å². The van der Waals surface area contributed by atoms with Gasteiger partial charge in [-0.25, -0.2) is 4.98 Å². The SMILES string of the molecule is Cc1nn2c(NCCCN(C)C)c3c(nc2c1-c1cccs1)CCCC3. The molecule has 0 aliphatic heterocycles. The van der Waals surface area contributed by atoms with Gasteiger partial charge in [0.05, 0.1) is 11.3 Å². The van der Waals surface area contributed by atoms with E-state index in [-0.39, 0.29) is 0 Å². The van der Waals surface area contributed by atoms with Gasteiger partial charge in [0, 0.05) is 22.7 Å². The Hall–Kier alpha value is -1.92. The van der Waals surface area contributed by atoms with Crippen molar-refractivity contribution >= 4 is 22.8 Å². The van der Waals surface area contributed by atoms with Crippen molar-refractivity contribution in [3.8, 4) is 10.4 Å². The summed E-state index contributed by atoms with van der Waals surface area (Å²) in [5.74, 6) is 1.16. The van der Waals surface area contributed by atoms with E-state index in [9.17, 15) is 0 Å². The molecule has 0 fully saturated rings. The Morgan fingerprint density at radius 1 is 1.27 bits per heavy atom. The second kappa shape index (κ2) is 7.37. The molecule has 0 unspecified atom stereocenters. The van der Waals surface area contributed by atoms with Gasteiger partial charge >= 0.3 is 0 Å². The van der Waals surface area contributed by atoms with E-state index in [1.54, 1.807) is 11.3 Å². The highest BCUT2D eigenvalue weighted by molar-refractivity contribution is 7.13. The fraction of sp³-hybridized carbons (Fsp3) is 0.500. The van der Waals surface area contributed by atoms with Crippen LogP contribution in [0.15, 0.2) is 17.5 Å². The number of anilines is 1. The third kappa shape index (κ3) is 3.23. The Bertz CT molecular complexity index is 895. The molecule has 3 aromatic rings. The monoisotopic (exact) mass is 369 g/mol. The normalized spacial score (nSPS) is 14.2. The third-order valence-electron chi connectivity index (χ3n) is 5.06. The number of nitrogens with zero attached hydrogens (tertiary/aromatic N) is 4.